The van der Waals surface area contributed by atoms with Gasteiger partial charge in [0.1, 0.15) is 17.5 Å². The molecular weight excluding hydrogens is 353 g/mol. The topological polar surface area (TPSA) is 67.9 Å². The molecule has 1 N–H and O–H groups in total. The Morgan fingerprint density at radius 1 is 1.27 bits per heavy atom. The van der Waals surface area contributed by atoms with E-state index in [1.807, 2.05) is 0 Å². The highest BCUT2D eigenvalue weighted by Crippen LogP contribution is 2.30. The number of ketones is 1. The van der Waals surface area contributed by atoms with Crippen molar-refractivity contribution < 1.29 is 32.2 Å². The number of amides is 1. The van der Waals surface area contributed by atoms with Crippen molar-refractivity contribution in [3.8, 4) is 11.5 Å². The molecule has 26 heavy (non-hydrogen) atoms. The molecule has 0 aliphatic carbocycles. The van der Waals surface area contributed by atoms with Crippen LogP contribution in [0, 0.1) is 0 Å². The summed E-state index contributed by atoms with van der Waals surface area (Å²) in [6, 6.07) is 4.19. The number of rotatable bonds is 6. The van der Waals surface area contributed by atoms with Crippen molar-refractivity contribution in [1.29, 1.82) is 0 Å². The van der Waals surface area contributed by atoms with Gasteiger partial charge in [0.2, 0.25) is 5.91 Å². The van der Waals surface area contributed by atoms with Crippen molar-refractivity contribution in [2.45, 2.75) is 25.1 Å². The van der Waals surface area contributed by atoms with Crippen LogP contribution < -0.4 is 14.8 Å². The number of nitrogens with zero attached hydrogens (tertiary/aromatic N) is 1. The van der Waals surface area contributed by atoms with Crippen LogP contribution in [-0.2, 0) is 9.59 Å². The van der Waals surface area contributed by atoms with Crippen molar-refractivity contribution in [2.24, 2.45) is 0 Å². The molecule has 0 bridgehead atoms. The van der Waals surface area contributed by atoms with Crippen LogP contribution in [0.15, 0.2) is 30.5 Å². The SMILES string of the molecule is COc1ccc(NC(=O)[C@@H]2CCCN2/C=C/C(=O)C(F)(F)F)c(OC)c1. The number of hydrogen-bond donors (Lipinski definition) is 1. The van der Waals surface area contributed by atoms with E-state index in [0.29, 0.717) is 42.6 Å². The maximum atomic E-state index is 12.5. The normalized spacial score (nSPS) is 17.4. The maximum Gasteiger partial charge on any atom is 0.454 e. The number of carbonyl (C=O) groups is 2. The molecule has 0 aromatic heterocycles. The Kier molecular flexibility index (Phi) is 6.12. The molecule has 1 aliphatic rings. The van der Waals surface area contributed by atoms with Crippen LogP contribution in [0.4, 0.5) is 18.9 Å². The minimum atomic E-state index is -4.93. The Morgan fingerprint density at radius 3 is 2.62 bits per heavy atom. The summed E-state index contributed by atoms with van der Waals surface area (Å²) in [5, 5.41) is 2.70. The Morgan fingerprint density at radius 2 is 2.00 bits per heavy atom. The second-order valence-electron chi connectivity index (χ2n) is 5.63. The molecule has 6 nitrogen and oxygen atoms in total. The van der Waals surface area contributed by atoms with E-state index >= 15 is 0 Å². The van der Waals surface area contributed by atoms with E-state index in [0.717, 1.165) is 6.20 Å². The van der Waals surface area contributed by atoms with Gasteiger partial charge in [0.15, 0.2) is 0 Å². The summed E-state index contributed by atoms with van der Waals surface area (Å²) in [6.07, 6.45) is -2.36. The molecule has 1 aromatic carbocycles. The van der Waals surface area contributed by atoms with Gasteiger partial charge in [-0.25, -0.2) is 0 Å². The average molecular weight is 372 g/mol. The van der Waals surface area contributed by atoms with Crippen LogP contribution in [0.1, 0.15) is 12.8 Å². The summed E-state index contributed by atoms with van der Waals surface area (Å²) >= 11 is 0. The average Bonchev–Trinajstić information content (AvgIpc) is 3.07. The number of nitrogens with one attached hydrogen (secondary N) is 1. The lowest BCUT2D eigenvalue weighted by Gasteiger charge is -2.22. The number of ether oxygens (including phenoxy) is 2. The highest BCUT2D eigenvalue weighted by Gasteiger charge is 2.37. The number of alkyl halides is 3. The molecular formula is C17H19F3N2O4. The van der Waals surface area contributed by atoms with Gasteiger partial charge in [-0.05, 0) is 25.0 Å². The van der Waals surface area contributed by atoms with Gasteiger partial charge in [-0.1, -0.05) is 0 Å². The van der Waals surface area contributed by atoms with Crippen molar-refractivity contribution in [1.82, 2.24) is 4.90 Å². The molecule has 1 heterocycles. The van der Waals surface area contributed by atoms with E-state index in [4.69, 9.17) is 9.47 Å². The standard InChI is InChI=1S/C17H19F3N2O4/c1-25-11-5-6-12(14(10-11)26-2)21-16(24)13-4-3-8-22(13)9-7-15(23)17(18,19)20/h5-7,9-10,13H,3-4,8H2,1-2H3,(H,21,24)/b9-7+/t13-/m0/s1. The molecule has 0 radical (unpaired) electrons. The largest absolute Gasteiger partial charge is 0.497 e. The summed E-state index contributed by atoms with van der Waals surface area (Å²) in [5.74, 6) is -1.41. The van der Waals surface area contributed by atoms with Crippen LogP contribution >= 0.6 is 0 Å². The first-order valence-corrected chi connectivity index (χ1v) is 7.84. The third kappa shape index (κ3) is 4.68. The Balaban J connectivity index is 2.09. The van der Waals surface area contributed by atoms with E-state index < -0.39 is 23.9 Å². The molecule has 1 amide bonds. The van der Waals surface area contributed by atoms with Crippen molar-refractivity contribution in [3.63, 3.8) is 0 Å². The lowest BCUT2D eigenvalue weighted by molar-refractivity contribution is -0.165. The molecule has 1 aliphatic heterocycles. The zero-order valence-corrected chi connectivity index (χ0v) is 14.3. The second kappa shape index (κ2) is 8.11. The van der Waals surface area contributed by atoms with E-state index in [2.05, 4.69) is 5.32 Å². The Bertz CT molecular complexity index is 704. The van der Waals surface area contributed by atoms with E-state index in [1.165, 1.54) is 19.1 Å². The molecule has 1 aromatic rings. The lowest BCUT2D eigenvalue weighted by Crippen LogP contribution is -2.37. The first kappa shape index (κ1) is 19.6. The fourth-order valence-corrected chi connectivity index (χ4v) is 2.62. The Hall–Kier alpha value is -2.71. The highest BCUT2D eigenvalue weighted by atomic mass is 19.4. The number of hydrogen-bond acceptors (Lipinski definition) is 5. The molecule has 2 rings (SSSR count). The zero-order valence-electron chi connectivity index (χ0n) is 14.3. The van der Waals surface area contributed by atoms with Gasteiger partial charge >= 0.3 is 6.18 Å². The van der Waals surface area contributed by atoms with Crippen LogP contribution in [0.25, 0.3) is 0 Å². The maximum absolute atomic E-state index is 12.5. The zero-order chi connectivity index (χ0) is 19.3. The number of carbonyl (C=O) groups excluding carboxylic acids is 2. The number of likely N-dealkylation sites (tertiary alicyclic amines) is 1. The lowest BCUT2D eigenvalue weighted by atomic mass is 10.2. The summed E-state index contributed by atoms with van der Waals surface area (Å²) in [4.78, 5) is 24.9. The molecule has 1 atom stereocenters. The number of allylic oxidation sites excluding steroid dienone is 1. The van der Waals surface area contributed by atoms with E-state index in [9.17, 15) is 22.8 Å². The van der Waals surface area contributed by atoms with Crippen molar-refractivity contribution >= 4 is 17.4 Å². The predicted molar refractivity (Wildman–Crippen MR) is 88.1 cm³/mol. The molecule has 142 valence electrons. The summed E-state index contributed by atoms with van der Waals surface area (Å²) in [6.45, 7) is 0.388. The van der Waals surface area contributed by atoms with Gasteiger partial charge < -0.3 is 19.7 Å². The highest BCUT2D eigenvalue weighted by molar-refractivity contribution is 5.97. The van der Waals surface area contributed by atoms with Gasteiger partial charge in [0, 0.05) is 24.9 Å². The molecule has 1 saturated heterocycles. The summed E-state index contributed by atoms with van der Waals surface area (Å²) in [7, 11) is 2.94. The van der Waals surface area contributed by atoms with Gasteiger partial charge in [0.05, 0.1) is 19.9 Å². The van der Waals surface area contributed by atoms with Crippen molar-refractivity contribution in [3.05, 3.63) is 30.5 Å². The molecule has 9 heteroatoms. The fraction of sp³-hybridized carbons (Fsp3) is 0.412. The number of benzene rings is 1. The first-order chi connectivity index (χ1) is 12.3. The minimum Gasteiger partial charge on any atom is -0.497 e. The fourth-order valence-electron chi connectivity index (χ4n) is 2.62. The molecule has 0 saturated carbocycles. The molecule has 0 spiro atoms. The first-order valence-electron chi connectivity index (χ1n) is 7.84. The van der Waals surface area contributed by atoms with Crippen LogP contribution in [0.2, 0.25) is 0 Å². The van der Waals surface area contributed by atoms with Gasteiger partial charge in [-0.15, -0.1) is 0 Å². The monoisotopic (exact) mass is 372 g/mol. The number of halogens is 3. The van der Waals surface area contributed by atoms with Gasteiger partial charge in [0.25, 0.3) is 5.78 Å². The molecule has 0 unspecified atom stereocenters. The smallest absolute Gasteiger partial charge is 0.454 e. The third-order valence-corrected chi connectivity index (χ3v) is 3.96. The minimum absolute atomic E-state index is 0.388. The summed E-state index contributed by atoms with van der Waals surface area (Å²) < 4.78 is 47.2. The van der Waals surface area contributed by atoms with Gasteiger partial charge in [-0.2, -0.15) is 13.2 Å². The van der Waals surface area contributed by atoms with Crippen LogP contribution in [0.3, 0.4) is 0 Å². The Labute approximate surface area is 148 Å². The number of anilines is 1. The van der Waals surface area contributed by atoms with E-state index in [-0.39, 0.29) is 0 Å². The number of methoxy groups -OCH3 is 2. The van der Waals surface area contributed by atoms with Gasteiger partial charge in [-0.3, -0.25) is 9.59 Å². The second-order valence-corrected chi connectivity index (χ2v) is 5.63. The molecule has 1 fully saturated rings. The van der Waals surface area contributed by atoms with Crippen molar-refractivity contribution in [2.75, 3.05) is 26.1 Å². The third-order valence-electron chi connectivity index (χ3n) is 3.96. The van der Waals surface area contributed by atoms with Crippen LogP contribution in [0.5, 0.6) is 11.5 Å². The predicted octanol–water partition coefficient (Wildman–Crippen LogP) is 2.75. The van der Waals surface area contributed by atoms with E-state index in [1.54, 1.807) is 18.2 Å². The quantitative estimate of drug-likeness (QED) is 0.778. The van der Waals surface area contributed by atoms with Crippen LogP contribution in [-0.4, -0.2) is 49.6 Å². The summed E-state index contributed by atoms with van der Waals surface area (Å²) in [5.41, 5.74) is 0.417.